The van der Waals surface area contributed by atoms with E-state index in [1.807, 2.05) is 6.92 Å². The highest BCUT2D eigenvalue weighted by Crippen LogP contribution is 1.98. The quantitative estimate of drug-likeness (QED) is 0.744. The number of carbonyl (C=O) groups excluding carboxylic acids is 2. The normalized spacial score (nSPS) is 11.9. The minimum Gasteiger partial charge on any atom is -0.459 e. The van der Waals surface area contributed by atoms with Crippen LogP contribution in [0.2, 0.25) is 0 Å². The molecule has 0 aromatic carbocycles. The van der Waals surface area contributed by atoms with E-state index in [9.17, 15) is 9.59 Å². The first kappa shape index (κ1) is 14.2. The van der Waals surface area contributed by atoms with Crippen LogP contribution in [-0.4, -0.2) is 38.1 Å². The largest absolute Gasteiger partial charge is 0.459 e. The van der Waals surface area contributed by atoms with Gasteiger partial charge in [0.1, 0.15) is 0 Å². The van der Waals surface area contributed by atoms with Gasteiger partial charge in [0.25, 0.3) is 5.91 Å². The summed E-state index contributed by atoms with van der Waals surface area (Å²) in [6, 6.07) is 3.16. The molecular weight excluding hydrogens is 236 g/mol. The highest BCUT2D eigenvalue weighted by molar-refractivity contribution is 5.91. The fourth-order valence-electron chi connectivity index (χ4n) is 1.42. The molecule has 2 amide bonds. The minimum absolute atomic E-state index is 0.0386. The van der Waals surface area contributed by atoms with Crippen LogP contribution in [0.25, 0.3) is 0 Å². The lowest BCUT2D eigenvalue weighted by atomic mass is 10.3. The lowest BCUT2D eigenvalue weighted by Gasteiger charge is -2.12. The second kappa shape index (κ2) is 7.50. The monoisotopic (exact) mass is 254 g/mol. The molecule has 1 rings (SSSR count). The number of nitrogens with one attached hydrogen (secondary N) is 2. The highest BCUT2D eigenvalue weighted by atomic mass is 16.5. The molecule has 6 nitrogen and oxygen atoms in total. The molecule has 1 aromatic rings. The molecule has 0 fully saturated rings. The molecule has 0 unspecified atom stereocenters. The Labute approximate surface area is 106 Å². The predicted octanol–water partition coefficient (Wildman–Crippen LogP) is 0.551. The SMILES string of the molecule is COC[C@H](C)NC(=O)CCNC(=O)c1ccco1. The summed E-state index contributed by atoms with van der Waals surface area (Å²) in [5.41, 5.74) is 0. The van der Waals surface area contributed by atoms with E-state index in [1.165, 1.54) is 6.26 Å². The van der Waals surface area contributed by atoms with Gasteiger partial charge in [0.15, 0.2) is 5.76 Å². The third-order valence-electron chi connectivity index (χ3n) is 2.21. The van der Waals surface area contributed by atoms with Gasteiger partial charge in [-0.25, -0.2) is 0 Å². The smallest absolute Gasteiger partial charge is 0.286 e. The molecule has 1 heterocycles. The summed E-state index contributed by atoms with van der Waals surface area (Å²) in [5.74, 6) is -0.208. The van der Waals surface area contributed by atoms with Gasteiger partial charge in [-0.1, -0.05) is 0 Å². The zero-order chi connectivity index (χ0) is 13.4. The summed E-state index contributed by atoms with van der Waals surface area (Å²) >= 11 is 0. The summed E-state index contributed by atoms with van der Waals surface area (Å²) in [6.07, 6.45) is 1.65. The van der Waals surface area contributed by atoms with Gasteiger partial charge in [-0.2, -0.15) is 0 Å². The van der Waals surface area contributed by atoms with E-state index >= 15 is 0 Å². The second-order valence-corrected chi connectivity index (χ2v) is 3.91. The van der Waals surface area contributed by atoms with Crippen LogP contribution in [0.15, 0.2) is 22.8 Å². The topological polar surface area (TPSA) is 80.6 Å². The van der Waals surface area contributed by atoms with Crippen molar-refractivity contribution in [3.8, 4) is 0 Å². The number of hydrogen-bond acceptors (Lipinski definition) is 4. The first-order chi connectivity index (χ1) is 8.63. The standard InChI is InChI=1S/C12H18N2O4/c1-9(8-17-2)14-11(15)5-6-13-12(16)10-4-3-7-18-10/h3-4,7,9H,5-6,8H2,1-2H3,(H,13,16)(H,14,15)/t9-/m0/s1. The molecule has 0 spiro atoms. The van der Waals surface area contributed by atoms with E-state index in [1.54, 1.807) is 19.2 Å². The molecule has 0 aliphatic rings. The van der Waals surface area contributed by atoms with Crippen molar-refractivity contribution < 1.29 is 18.7 Å². The van der Waals surface area contributed by atoms with Gasteiger partial charge in [0.05, 0.1) is 12.9 Å². The Morgan fingerprint density at radius 2 is 2.28 bits per heavy atom. The molecule has 0 radical (unpaired) electrons. The minimum atomic E-state index is -0.322. The maximum atomic E-state index is 11.5. The van der Waals surface area contributed by atoms with E-state index in [-0.39, 0.29) is 36.6 Å². The van der Waals surface area contributed by atoms with Crippen molar-refractivity contribution in [3.05, 3.63) is 24.2 Å². The van der Waals surface area contributed by atoms with Crippen molar-refractivity contribution in [1.29, 1.82) is 0 Å². The molecule has 1 atom stereocenters. The number of rotatable bonds is 7. The first-order valence-electron chi connectivity index (χ1n) is 5.73. The van der Waals surface area contributed by atoms with Crippen molar-refractivity contribution in [2.75, 3.05) is 20.3 Å². The molecule has 0 bridgehead atoms. The average Bonchev–Trinajstić information content (AvgIpc) is 2.82. The molecule has 0 saturated heterocycles. The third-order valence-corrected chi connectivity index (χ3v) is 2.21. The van der Waals surface area contributed by atoms with Crippen LogP contribution in [0.5, 0.6) is 0 Å². The number of carbonyl (C=O) groups is 2. The second-order valence-electron chi connectivity index (χ2n) is 3.91. The van der Waals surface area contributed by atoms with Crippen LogP contribution in [0.3, 0.4) is 0 Å². The van der Waals surface area contributed by atoms with E-state index in [2.05, 4.69) is 10.6 Å². The van der Waals surface area contributed by atoms with Crippen molar-refractivity contribution in [2.45, 2.75) is 19.4 Å². The molecular formula is C12H18N2O4. The van der Waals surface area contributed by atoms with Gasteiger partial charge in [-0.05, 0) is 19.1 Å². The Kier molecular flexibility index (Phi) is 5.93. The van der Waals surface area contributed by atoms with Crippen LogP contribution in [-0.2, 0) is 9.53 Å². The Balaban J connectivity index is 2.17. The molecule has 0 aliphatic heterocycles. The summed E-state index contributed by atoms with van der Waals surface area (Å²) in [4.78, 5) is 22.9. The molecule has 18 heavy (non-hydrogen) atoms. The Morgan fingerprint density at radius 1 is 1.50 bits per heavy atom. The molecule has 100 valence electrons. The van der Waals surface area contributed by atoms with E-state index in [0.717, 1.165) is 0 Å². The van der Waals surface area contributed by atoms with E-state index in [4.69, 9.17) is 9.15 Å². The highest BCUT2D eigenvalue weighted by Gasteiger charge is 2.10. The number of amides is 2. The van der Waals surface area contributed by atoms with Gasteiger partial charge >= 0.3 is 0 Å². The van der Waals surface area contributed by atoms with Gasteiger partial charge in [0, 0.05) is 26.1 Å². The third kappa shape index (κ3) is 5.01. The maximum Gasteiger partial charge on any atom is 0.286 e. The summed E-state index contributed by atoms with van der Waals surface area (Å²) < 4.78 is 9.82. The van der Waals surface area contributed by atoms with Crippen molar-refractivity contribution in [2.24, 2.45) is 0 Å². The van der Waals surface area contributed by atoms with E-state index in [0.29, 0.717) is 6.61 Å². The Hall–Kier alpha value is -1.82. The fraction of sp³-hybridized carbons (Fsp3) is 0.500. The van der Waals surface area contributed by atoms with Crippen LogP contribution >= 0.6 is 0 Å². The fourth-order valence-corrected chi connectivity index (χ4v) is 1.42. The lowest BCUT2D eigenvalue weighted by molar-refractivity contribution is -0.121. The van der Waals surface area contributed by atoms with Crippen LogP contribution < -0.4 is 10.6 Å². The first-order valence-corrected chi connectivity index (χ1v) is 5.73. The van der Waals surface area contributed by atoms with Crippen LogP contribution in [0.4, 0.5) is 0 Å². The van der Waals surface area contributed by atoms with Gasteiger partial charge < -0.3 is 19.8 Å². The Bertz CT molecular complexity index is 375. The molecule has 1 aromatic heterocycles. The number of methoxy groups -OCH3 is 1. The van der Waals surface area contributed by atoms with Crippen LogP contribution in [0, 0.1) is 0 Å². The summed E-state index contributed by atoms with van der Waals surface area (Å²) in [7, 11) is 1.58. The predicted molar refractivity (Wildman–Crippen MR) is 65.1 cm³/mol. The zero-order valence-corrected chi connectivity index (χ0v) is 10.6. The van der Waals surface area contributed by atoms with Crippen molar-refractivity contribution in [3.63, 3.8) is 0 Å². The Morgan fingerprint density at radius 3 is 2.89 bits per heavy atom. The average molecular weight is 254 g/mol. The number of furan rings is 1. The summed E-state index contributed by atoms with van der Waals surface area (Å²) in [6.45, 7) is 2.58. The van der Waals surface area contributed by atoms with Gasteiger partial charge in [0.2, 0.25) is 5.91 Å². The summed E-state index contributed by atoms with van der Waals surface area (Å²) in [5, 5.41) is 5.35. The molecule has 6 heteroatoms. The van der Waals surface area contributed by atoms with Crippen molar-refractivity contribution in [1.82, 2.24) is 10.6 Å². The number of hydrogen-bond donors (Lipinski definition) is 2. The van der Waals surface area contributed by atoms with Gasteiger partial charge in [-0.3, -0.25) is 9.59 Å². The maximum absolute atomic E-state index is 11.5. The lowest BCUT2D eigenvalue weighted by Crippen LogP contribution is -2.37. The number of ether oxygens (including phenoxy) is 1. The van der Waals surface area contributed by atoms with E-state index < -0.39 is 0 Å². The van der Waals surface area contributed by atoms with Crippen molar-refractivity contribution >= 4 is 11.8 Å². The van der Waals surface area contributed by atoms with Gasteiger partial charge in [-0.15, -0.1) is 0 Å². The molecule has 0 aliphatic carbocycles. The molecule has 0 saturated carbocycles. The zero-order valence-electron chi connectivity index (χ0n) is 10.6. The molecule has 2 N–H and O–H groups in total. The van der Waals surface area contributed by atoms with Crippen LogP contribution in [0.1, 0.15) is 23.9 Å².